The van der Waals surface area contributed by atoms with Crippen LogP contribution in [-0.4, -0.2) is 45.1 Å². The number of aliphatic hydroxyl groups is 1. The molecule has 1 aliphatic heterocycles. The average Bonchev–Trinajstić information content (AvgIpc) is 3.35. The number of hydrogen-bond acceptors (Lipinski definition) is 5. The van der Waals surface area contributed by atoms with E-state index in [-0.39, 0.29) is 16.3 Å². The first-order valence-electron chi connectivity index (χ1n) is 7.67. The molecule has 25 heavy (non-hydrogen) atoms. The molecule has 3 atom stereocenters. The zero-order chi connectivity index (χ0) is 18.4. The normalized spacial score (nSPS) is 21.7. The largest absolute Gasteiger partial charge is 0.387 e. The third kappa shape index (κ3) is 3.62. The summed E-state index contributed by atoms with van der Waals surface area (Å²) in [5.41, 5.74) is 1.45. The number of nitrogens with zero attached hydrogens (tertiary/aromatic N) is 1. The van der Waals surface area contributed by atoms with Crippen LogP contribution in [0.1, 0.15) is 17.2 Å². The minimum Gasteiger partial charge on any atom is -0.387 e. The molecule has 0 spiro atoms. The number of aliphatic hydroxyl groups excluding tert-OH is 1. The van der Waals surface area contributed by atoms with Crippen LogP contribution in [0, 0.1) is 6.92 Å². The first-order chi connectivity index (χ1) is 11.6. The minimum absolute atomic E-state index is 0.156. The first kappa shape index (κ1) is 18.1. The summed E-state index contributed by atoms with van der Waals surface area (Å²) in [5, 5.41) is 10.4. The van der Waals surface area contributed by atoms with Crippen molar-refractivity contribution in [1.82, 2.24) is 4.31 Å². The van der Waals surface area contributed by atoms with Gasteiger partial charge < -0.3 is 5.11 Å². The zero-order valence-electron chi connectivity index (χ0n) is 13.8. The molecular formula is C17H19NO5S2. The Hall–Kier alpha value is -1.74. The van der Waals surface area contributed by atoms with Crippen molar-refractivity contribution in [3.8, 4) is 0 Å². The van der Waals surface area contributed by atoms with Gasteiger partial charge in [-0.2, -0.15) is 4.31 Å². The van der Waals surface area contributed by atoms with Gasteiger partial charge in [0.05, 0.1) is 21.9 Å². The predicted molar refractivity (Wildman–Crippen MR) is 93.4 cm³/mol. The maximum absolute atomic E-state index is 12.6. The Morgan fingerprint density at radius 1 is 0.960 bits per heavy atom. The highest BCUT2D eigenvalue weighted by Gasteiger charge is 2.49. The second-order valence-electron chi connectivity index (χ2n) is 6.24. The lowest BCUT2D eigenvalue weighted by atomic mass is 10.1. The predicted octanol–water partition coefficient (Wildman–Crippen LogP) is 1.51. The number of rotatable bonds is 5. The Bertz CT molecular complexity index is 980. The number of hydrogen-bond donors (Lipinski definition) is 1. The molecule has 3 rings (SSSR count). The molecule has 2 aromatic rings. The number of aryl methyl sites for hydroxylation is 1. The van der Waals surface area contributed by atoms with Gasteiger partial charge in [-0.1, -0.05) is 29.8 Å². The lowest BCUT2D eigenvalue weighted by Gasteiger charge is -2.12. The van der Waals surface area contributed by atoms with Crippen LogP contribution in [0.3, 0.4) is 0 Å². The maximum Gasteiger partial charge on any atom is 0.243 e. The summed E-state index contributed by atoms with van der Waals surface area (Å²) in [6, 6.07) is 11.9. The van der Waals surface area contributed by atoms with Crippen molar-refractivity contribution in [2.45, 2.75) is 28.9 Å². The molecule has 2 unspecified atom stereocenters. The van der Waals surface area contributed by atoms with Gasteiger partial charge in [0.2, 0.25) is 10.0 Å². The summed E-state index contributed by atoms with van der Waals surface area (Å²) >= 11 is 0. The van der Waals surface area contributed by atoms with E-state index in [0.29, 0.717) is 5.56 Å². The van der Waals surface area contributed by atoms with Crippen LogP contribution in [0.5, 0.6) is 0 Å². The number of sulfone groups is 1. The van der Waals surface area contributed by atoms with E-state index in [1.165, 1.54) is 28.6 Å². The Morgan fingerprint density at radius 3 is 2.00 bits per heavy atom. The van der Waals surface area contributed by atoms with Crippen LogP contribution in [0.25, 0.3) is 0 Å². The van der Waals surface area contributed by atoms with Crippen molar-refractivity contribution in [3.63, 3.8) is 0 Å². The van der Waals surface area contributed by atoms with Gasteiger partial charge in [0.25, 0.3) is 0 Å². The van der Waals surface area contributed by atoms with Gasteiger partial charge in [-0.3, -0.25) is 0 Å². The van der Waals surface area contributed by atoms with Crippen LogP contribution < -0.4 is 0 Å². The van der Waals surface area contributed by atoms with Crippen LogP contribution in [0.4, 0.5) is 0 Å². The second-order valence-corrected chi connectivity index (χ2v) is 10.1. The van der Waals surface area contributed by atoms with Crippen LogP contribution in [0.15, 0.2) is 58.3 Å². The molecule has 1 fully saturated rings. The fraction of sp³-hybridized carbons (Fsp3) is 0.294. The lowest BCUT2D eigenvalue weighted by Crippen LogP contribution is -2.18. The summed E-state index contributed by atoms with van der Waals surface area (Å²) in [6.07, 6.45) is 0.101. The van der Waals surface area contributed by atoms with Gasteiger partial charge in [-0.25, -0.2) is 16.8 Å². The fourth-order valence-electron chi connectivity index (χ4n) is 2.65. The molecule has 1 aliphatic rings. The summed E-state index contributed by atoms with van der Waals surface area (Å²) in [6.45, 7) is 2.10. The van der Waals surface area contributed by atoms with Crippen molar-refractivity contribution in [2.24, 2.45) is 0 Å². The molecule has 0 amide bonds. The number of sulfonamides is 1. The Kier molecular flexibility index (Phi) is 4.48. The summed E-state index contributed by atoms with van der Waals surface area (Å²) in [4.78, 5) is 0.351. The third-order valence-electron chi connectivity index (χ3n) is 4.25. The van der Waals surface area contributed by atoms with Crippen LogP contribution in [-0.2, 0) is 19.9 Å². The Labute approximate surface area is 147 Å². The molecule has 1 N–H and O–H groups in total. The Balaban J connectivity index is 1.77. The van der Waals surface area contributed by atoms with Crippen LogP contribution in [0.2, 0.25) is 0 Å². The number of benzene rings is 2. The molecule has 0 radical (unpaired) electrons. The van der Waals surface area contributed by atoms with E-state index < -0.39 is 32.0 Å². The van der Waals surface area contributed by atoms with Crippen molar-refractivity contribution in [1.29, 1.82) is 0 Å². The van der Waals surface area contributed by atoms with Gasteiger partial charge in [0.15, 0.2) is 9.84 Å². The van der Waals surface area contributed by atoms with Crippen molar-refractivity contribution < 1.29 is 21.9 Å². The molecule has 2 aromatic carbocycles. The summed E-state index contributed by atoms with van der Waals surface area (Å²) in [7, 11) is -6.95. The Morgan fingerprint density at radius 2 is 1.48 bits per heavy atom. The van der Waals surface area contributed by atoms with Gasteiger partial charge in [-0.15, -0.1) is 0 Å². The van der Waals surface area contributed by atoms with E-state index in [9.17, 15) is 21.9 Å². The van der Waals surface area contributed by atoms with E-state index in [0.717, 1.165) is 11.8 Å². The lowest BCUT2D eigenvalue weighted by molar-refractivity contribution is 0.168. The molecule has 0 bridgehead atoms. The molecular weight excluding hydrogens is 362 g/mol. The zero-order valence-corrected chi connectivity index (χ0v) is 15.5. The molecule has 0 aliphatic carbocycles. The summed E-state index contributed by atoms with van der Waals surface area (Å²) < 4.78 is 49.3. The van der Waals surface area contributed by atoms with E-state index in [1.807, 2.05) is 6.92 Å². The van der Waals surface area contributed by atoms with Crippen molar-refractivity contribution in [3.05, 3.63) is 59.7 Å². The van der Waals surface area contributed by atoms with Crippen molar-refractivity contribution in [2.75, 3.05) is 12.8 Å². The molecule has 134 valence electrons. The minimum atomic E-state index is -3.64. The monoisotopic (exact) mass is 381 g/mol. The van der Waals surface area contributed by atoms with Gasteiger partial charge in [0.1, 0.15) is 0 Å². The molecule has 1 saturated heterocycles. The SMILES string of the molecule is Cc1ccc(S(=O)(=O)N2CC2[C@H](O)c2ccc(S(C)(=O)=O)cc2)cc1. The molecule has 8 heteroatoms. The first-order valence-corrected chi connectivity index (χ1v) is 11.0. The molecule has 1 heterocycles. The smallest absolute Gasteiger partial charge is 0.243 e. The molecule has 6 nitrogen and oxygen atoms in total. The second kappa shape index (κ2) is 6.21. The average molecular weight is 381 g/mol. The quantitative estimate of drug-likeness (QED) is 0.793. The third-order valence-corrected chi connectivity index (χ3v) is 7.28. The topological polar surface area (TPSA) is 91.5 Å². The van der Waals surface area contributed by atoms with E-state index in [4.69, 9.17) is 0 Å². The van der Waals surface area contributed by atoms with Gasteiger partial charge in [-0.05, 0) is 36.8 Å². The standard InChI is InChI=1S/C17H19NO5S2/c1-12-3-7-15(8-4-12)25(22,23)18-11-16(18)17(19)13-5-9-14(10-6-13)24(2,20)21/h3-10,16-17,19H,11H2,1-2H3/t16?,17-,18?/m1/s1. The maximum atomic E-state index is 12.6. The van der Waals surface area contributed by atoms with Gasteiger partial charge >= 0.3 is 0 Å². The molecule has 0 saturated carbocycles. The highest BCUT2D eigenvalue weighted by Crippen LogP contribution is 2.36. The van der Waals surface area contributed by atoms with E-state index in [2.05, 4.69) is 0 Å². The summed E-state index contributed by atoms with van der Waals surface area (Å²) in [5.74, 6) is 0. The van der Waals surface area contributed by atoms with E-state index >= 15 is 0 Å². The van der Waals surface area contributed by atoms with Crippen molar-refractivity contribution >= 4 is 19.9 Å². The van der Waals surface area contributed by atoms with E-state index in [1.54, 1.807) is 24.3 Å². The van der Waals surface area contributed by atoms with Gasteiger partial charge in [0, 0.05) is 12.8 Å². The van der Waals surface area contributed by atoms with Crippen LogP contribution >= 0.6 is 0 Å². The highest BCUT2D eigenvalue weighted by molar-refractivity contribution is 7.90. The molecule has 0 aromatic heterocycles. The highest BCUT2D eigenvalue weighted by atomic mass is 32.2. The fourth-order valence-corrected chi connectivity index (χ4v) is 4.85.